The number of rotatable bonds is 1. The van der Waals surface area contributed by atoms with Crippen molar-refractivity contribution >= 4 is 21.8 Å². The minimum absolute atomic E-state index is 0.0265. The van der Waals surface area contributed by atoms with Crippen LogP contribution in [0.3, 0.4) is 0 Å². The average molecular weight is 327 g/mol. The van der Waals surface area contributed by atoms with Crippen LogP contribution in [-0.4, -0.2) is 53.0 Å². The van der Waals surface area contributed by atoms with E-state index in [-0.39, 0.29) is 11.7 Å². The van der Waals surface area contributed by atoms with Gasteiger partial charge in [0.1, 0.15) is 5.75 Å². The molecular weight excluding hydrogens is 308 g/mol. The van der Waals surface area contributed by atoms with Gasteiger partial charge in [0.05, 0.1) is 5.56 Å². The molecular formula is C14H19BrN2O2. The van der Waals surface area contributed by atoms with Crippen LogP contribution in [0.25, 0.3) is 0 Å². The lowest BCUT2D eigenvalue weighted by atomic mass is 10.1. The van der Waals surface area contributed by atoms with E-state index in [0.717, 1.165) is 4.47 Å². The summed E-state index contributed by atoms with van der Waals surface area (Å²) in [5, 5.41) is 9.89. The van der Waals surface area contributed by atoms with E-state index in [1.165, 1.54) is 0 Å². The fourth-order valence-corrected chi connectivity index (χ4v) is 2.78. The second kappa shape index (κ2) is 5.51. The van der Waals surface area contributed by atoms with Gasteiger partial charge in [0.2, 0.25) is 0 Å². The number of hydrogen-bond acceptors (Lipinski definition) is 3. The summed E-state index contributed by atoms with van der Waals surface area (Å²) in [4.78, 5) is 16.5. The summed E-state index contributed by atoms with van der Waals surface area (Å²) in [7, 11) is 2.08. The summed E-state index contributed by atoms with van der Waals surface area (Å²) in [5.41, 5.74) is 0.368. The molecule has 5 heteroatoms. The maximum Gasteiger partial charge on any atom is 0.257 e. The number of phenolic OH excluding ortho intramolecular Hbond substituents is 1. The highest BCUT2D eigenvalue weighted by Gasteiger charge is 2.30. The maximum absolute atomic E-state index is 12.5. The average Bonchev–Trinajstić information content (AvgIpc) is 2.34. The van der Waals surface area contributed by atoms with E-state index in [2.05, 4.69) is 41.7 Å². The first-order chi connectivity index (χ1) is 8.90. The fraction of sp³-hybridized carbons (Fsp3) is 0.500. The molecule has 1 heterocycles. The van der Waals surface area contributed by atoms with Crippen LogP contribution >= 0.6 is 15.9 Å². The number of benzene rings is 1. The molecule has 19 heavy (non-hydrogen) atoms. The molecule has 2 unspecified atom stereocenters. The van der Waals surface area contributed by atoms with Crippen molar-refractivity contribution < 1.29 is 9.90 Å². The van der Waals surface area contributed by atoms with Crippen LogP contribution in [0.2, 0.25) is 0 Å². The lowest BCUT2D eigenvalue weighted by molar-refractivity contribution is 0.0412. The van der Waals surface area contributed by atoms with Crippen LogP contribution in [0, 0.1) is 0 Å². The zero-order chi connectivity index (χ0) is 14.2. The number of phenols is 1. The normalized spacial score (nSPS) is 24.5. The standard InChI is InChI=1S/C14H19BrN2O2/c1-9-7-17(8-10(2)16(9)3)14(19)12-5-4-11(15)6-13(12)18/h4-6,9-10,18H,7-8H2,1-3H3. The van der Waals surface area contributed by atoms with Crippen molar-refractivity contribution in [1.82, 2.24) is 9.80 Å². The van der Waals surface area contributed by atoms with Gasteiger partial charge >= 0.3 is 0 Å². The number of aromatic hydroxyl groups is 1. The molecule has 1 aliphatic heterocycles. The Morgan fingerprint density at radius 2 is 1.89 bits per heavy atom. The third kappa shape index (κ3) is 2.92. The van der Waals surface area contributed by atoms with Gasteiger partial charge < -0.3 is 10.0 Å². The summed E-state index contributed by atoms with van der Waals surface area (Å²) >= 11 is 3.28. The van der Waals surface area contributed by atoms with Gasteiger partial charge in [-0.3, -0.25) is 9.69 Å². The van der Waals surface area contributed by atoms with E-state index in [4.69, 9.17) is 0 Å². The summed E-state index contributed by atoms with van der Waals surface area (Å²) in [5.74, 6) is -0.0737. The van der Waals surface area contributed by atoms with Crippen molar-refractivity contribution in [2.24, 2.45) is 0 Å². The topological polar surface area (TPSA) is 43.8 Å². The molecule has 104 valence electrons. The molecule has 0 bridgehead atoms. The Hall–Kier alpha value is -1.07. The van der Waals surface area contributed by atoms with Gasteiger partial charge in [-0.25, -0.2) is 0 Å². The van der Waals surface area contributed by atoms with Gasteiger partial charge in [0.25, 0.3) is 5.91 Å². The summed E-state index contributed by atoms with van der Waals surface area (Å²) < 4.78 is 0.765. The van der Waals surface area contributed by atoms with Crippen molar-refractivity contribution in [2.45, 2.75) is 25.9 Å². The van der Waals surface area contributed by atoms with Crippen LogP contribution in [0.15, 0.2) is 22.7 Å². The Morgan fingerprint density at radius 3 is 2.42 bits per heavy atom. The highest BCUT2D eigenvalue weighted by Crippen LogP contribution is 2.25. The molecule has 0 radical (unpaired) electrons. The van der Waals surface area contributed by atoms with Gasteiger partial charge in [0.15, 0.2) is 0 Å². The second-order valence-corrected chi connectivity index (χ2v) is 6.15. The zero-order valence-corrected chi connectivity index (χ0v) is 13.0. The second-order valence-electron chi connectivity index (χ2n) is 5.24. The Morgan fingerprint density at radius 1 is 1.32 bits per heavy atom. The van der Waals surface area contributed by atoms with E-state index in [9.17, 15) is 9.90 Å². The minimum atomic E-state index is -0.100. The van der Waals surface area contributed by atoms with E-state index in [1.807, 2.05) is 4.90 Å². The Balaban J connectivity index is 2.20. The first-order valence-electron chi connectivity index (χ1n) is 6.40. The van der Waals surface area contributed by atoms with Crippen LogP contribution in [-0.2, 0) is 0 Å². The largest absolute Gasteiger partial charge is 0.507 e. The zero-order valence-electron chi connectivity index (χ0n) is 11.4. The van der Waals surface area contributed by atoms with Crippen molar-refractivity contribution in [2.75, 3.05) is 20.1 Å². The van der Waals surface area contributed by atoms with Gasteiger partial charge in [0, 0.05) is 29.6 Å². The SMILES string of the molecule is CC1CN(C(=O)c2ccc(Br)cc2O)CC(C)N1C. The van der Waals surface area contributed by atoms with Crippen LogP contribution in [0.5, 0.6) is 5.75 Å². The molecule has 2 atom stereocenters. The maximum atomic E-state index is 12.5. The molecule has 2 rings (SSSR count). The molecule has 1 N–H and O–H groups in total. The molecule has 1 aliphatic rings. The monoisotopic (exact) mass is 326 g/mol. The van der Waals surface area contributed by atoms with E-state index < -0.39 is 0 Å². The third-order valence-electron chi connectivity index (χ3n) is 3.84. The Labute approximate surface area is 122 Å². The van der Waals surface area contributed by atoms with E-state index in [0.29, 0.717) is 30.7 Å². The molecule has 4 nitrogen and oxygen atoms in total. The minimum Gasteiger partial charge on any atom is -0.507 e. The van der Waals surface area contributed by atoms with Crippen LogP contribution < -0.4 is 0 Å². The molecule has 1 amide bonds. The fourth-order valence-electron chi connectivity index (χ4n) is 2.43. The number of carbonyl (C=O) groups excluding carboxylic acids is 1. The van der Waals surface area contributed by atoms with E-state index >= 15 is 0 Å². The van der Waals surface area contributed by atoms with Crippen LogP contribution in [0.4, 0.5) is 0 Å². The quantitative estimate of drug-likeness (QED) is 0.861. The van der Waals surface area contributed by atoms with Crippen LogP contribution in [0.1, 0.15) is 24.2 Å². The molecule has 1 aromatic rings. The first kappa shape index (κ1) is 14.3. The third-order valence-corrected chi connectivity index (χ3v) is 4.33. The number of likely N-dealkylation sites (N-methyl/N-ethyl adjacent to an activating group) is 1. The predicted octanol–water partition coefficient (Wildman–Crippen LogP) is 2.32. The highest BCUT2D eigenvalue weighted by molar-refractivity contribution is 9.10. The van der Waals surface area contributed by atoms with E-state index in [1.54, 1.807) is 18.2 Å². The summed E-state index contributed by atoms with van der Waals surface area (Å²) in [6.07, 6.45) is 0. The highest BCUT2D eigenvalue weighted by atomic mass is 79.9. The Bertz CT molecular complexity index is 480. The first-order valence-corrected chi connectivity index (χ1v) is 7.19. The van der Waals surface area contributed by atoms with Gasteiger partial charge in [-0.2, -0.15) is 0 Å². The lowest BCUT2D eigenvalue weighted by Crippen LogP contribution is -2.56. The Kier molecular flexibility index (Phi) is 4.16. The molecule has 1 saturated heterocycles. The van der Waals surface area contributed by atoms with Crippen molar-refractivity contribution in [3.05, 3.63) is 28.2 Å². The number of nitrogens with zero attached hydrogens (tertiary/aromatic N) is 2. The summed E-state index contributed by atoms with van der Waals surface area (Å²) in [6, 6.07) is 5.64. The van der Waals surface area contributed by atoms with Crippen molar-refractivity contribution in [1.29, 1.82) is 0 Å². The number of hydrogen-bond donors (Lipinski definition) is 1. The van der Waals surface area contributed by atoms with Crippen molar-refractivity contribution in [3.8, 4) is 5.75 Å². The molecule has 1 fully saturated rings. The molecule has 0 saturated carbocycles. The number of carbonyl (C=O) groups is 1. The molecule has 0 aromatic heterocycles. The molecule has 0 spiro atoms. The smallest absolute Gasteiger partial charge is 0.257 e. The van der Waals surface area contributed by atoms with Gasteiger partial charge in [-0.1, -0.05) is 15.9 Å². The van der Waals surface area contributed by atoms with Crippen molar-refractivity contribution in [3.63, 3.8) is 0 Å². The molecule has 1 aromatic carbocycles. The number of piperazine rings is 1. The lowest BCUT2D eigenvalue weighted by Gasteiger charge is -2.42. The molecule has 0 aliphatic carbocycles. The predicted molar refractivity (Wildman–Crippen MR) is 78.4 cm³/mol. The van der Waals surface area contributed by atoms with Gasteiger partial charge in [-0.05, 0) is 39.1 Å². The van der Waals surface area contributed by atoms with Gasteiger partial charge in [-0.15, -0.1) is 0 Å². The summed E-state index contributed by atoms with van der Waals surface area (Å²) in [6.45, 7) is 5.60. The number of halogens is 1. The number of amides is 1.